The molecule has 2 heterocycles. The molecule has 0 radical (unpaired) electrons. The van der Waals surface area contributed by atoms with Crippen LogP contribution in [-0.2, 0) is 4.74 Å². The van der Waals surface area contributed by atoms with Crippen LogP contribution in [0.1, 0.15) is 10.4 Å². The molecule has 5 rings (SSSR count). The summed E-state index contributed by atoms with van der Waals surface area (Å²) in [4.78, 5) is 14.6. The van der Waals surface area contributed by atoms with Crippen LogP contribution in [0.3, 0.4) is 0 Å². The first kappa shape index (κ1) is 19.3. The molecule has 0 atom stereocenters. The Bertz CT molecular complexity index is 1160. The molecule has 1 aromatic heterocycles. The number of hydrogen-bond acceptors (Lipinski definition) is 3. The maximum Gasteiger partial charge on any atom is 0.254 e. The van der Waals surface area contributed by atoms with Crippen molar-refractivity contribution in [3.63, 3.8) is 0 Å². The summed E-state index contributed by atoms with van der Waals surface area (Å²) in [6.07, 6.45) is 0. The normalized spacial score (nSPS) is 13.9. The van der Waals surface area contributed by atoms with Gasteiger partial charge in [0.05, 0.1) is 30.3 Å². The lowest BCUT2D eigenvalue weighted by Gasteiger charge is -2.26. The minimum atomic E-state index is 0.0450. The first-order valence-corrected chi connectivity index (χ1v) is 10.5. The standard InChI is InChI=1S/C26H23N3O2/c30-26(28-15-17-31-18-16-28)22-11-13-23(14-12-22)29-25(21-9-5-2-6-10-21)19-24(27-29)20-7-3-1-4-8-20/h1-14,19H,15-18H2. The van der Waals surface area contributed by atoms with E-state index in [9.17, 15) is 4.79 Å². The van der Waals surface area contributed by atoms with E-state index in [1.165, 1.54) is 0 Å². The van der Waals surface area contributed by atoms with E-state index in [1.807, 2.05) is 70.2 Å². The fourth-order valence-electron chi connectivity index (χ4n) is 3.84. The van der Waals surface area contributed by atoms with E-state index >= 15 is 0 Å². The molecule has 1 fully saturated rings. The van der Waals surface area contributed by atoms with Crippen LogP contribution in [0.2, 0.25) is 0 Å². The Labute approximate surface area is 181 Å². The van der Waals surface area contributed by atoms with Crippen LogP contribution in [-0.4, -0.2) is 46.9 Å². The molecule has 0 spiro atoms. The Balaban J connectivity index is 1.51. The molecule has 1 aliphatic heterocycles. The molecule has 5 heteroatoms. The number of hydrogen-bond donors (Lipinski definition) is 0. The molecular weight excluding hydrogens is 386 g/mol. The molecule has 1 amide bonds. The lowest BCUT2D eigenvalue weighted by atomic mass is 10.1. The summed E-state index contributed by atoms with van der Waals surface area (Å²) in [5, 5.41) is 4.90. The first-order chi connectivity index (χ1) is 15.3. The van der Waals surface area contributed by atoms with Crippen LogP contribution in [0, 0.1) is 0 Å². The van der Waals surface area contributed by atoms with Crippen molar-refractivity contribution in [3.8, 4) is 28.2 Å². The Hall–Kier alpha value is -3.70. The lowest BCUT2D eigenvalue weighted by molar-refractivity contribution is 0.0303. The second kappa shape index (κ2) is 8.58. The molecule has 4 aromatic rings. The SMILES string of the molecule is O=C(c1ccc(-n2nc(-c3ccccc3)cc2-c2ccccc2)cc1)N1CCOCC1. The fourth-order valence-corrected chi connectivity index (χ4v) is 3.84. The fraction of sp³-hybridized carbons (Fsp3) is 0.154. The summed E-state index contributed by atoms with van der Waals surface area (Å²) in [6.45, 7) is 2.47. The summed E-state index contributed by atoms with van der Waals surface area (Å²) < 4.78 is 7.30. The van der Waals surface area contributed by atoms with Gasteiger partial charge < -0.3 is 9.64 Å². The smallest absolute Gasteiger partial charge is 0.254 e. The second-order valence-electron chi connectivity index (χ2n) is 7.51. The number of amides is 1. The van der Waals surface area contributed by atoms with Gasteiger partial charge in [0.2, 0.25) is 0 Å². The molecule has 3 aromatic carbocycles. The van der Waals surface area contributed by atoms with E-state index in [2.05, 4.69) is 30.3 Å². The third-order valence-electron chi connectivity index (χ3n) is 5.51. The van der Waals surface area contributed by atoms with Gasteiger partial charge in [-0.1, -0.05) is 60.7 Å². The molecule has 5 nitrogen and oxygen atoms in total. The number of aromatic nitrogens is 2. The minimum absolute atomic E-state index is 0.0450. The highest BCUT2D eigenvalue weighted by Gasteiger charge is 2.19. The van der Waals surface area contributed by atoms with Crippen molar-refractivity contribution in [1.82, 2.24) is 14.7 Å². The molecular formula is C26H23N3O2. The van der Waals surface area contributed by atoms with Gasteiger partial charge in [0, 0.05) is 29.8 Å². The summed E-state index contributed by atoms with van der Waals surface area (Å²) in [5.74, 6) is 0.0450. The van der Waals surface area contributed by atoms with Crippen molar-refractivity contribution in [2.75, 3.05) is 26.3 Å². The van der Waals surface area contributed by atoms with Gasteiger partial charge in [-0.25, -0.2) is 4.68 Å². The van der Waals surface area contributed by atoms with Crippen LogP contribution in [0.25, 0.3) is 28.2 Å². The third-order valence-corrected chi connectivity index (χ3v) is 5.51. The van der Waals surface area contributed by atoms with Crippen LogP contribution >= 0.6 is 0 Å². The Kier molecular flexibility index (Phi) is 5.33. The average Bonchev–Trinajstić information content (AvgIpc) is 3.31. The van der Waals surface area contributed by atoms with E-state index in [0.717, 1.165) is 28.2 Å². The highest BCUT2D eigenvalue weighted by molar-refractivity contribution is 5.94. The first-order valence-electron chi connectivity index (χ1n) is 10.5. The van der Waals surface area contributed by atoms with Crippen molar-refractivity contribution in [2.24, 2.45) is 0 Å². The number of carbonyl (C=O) groups is 1. The summed E-state index contributed by atoms with van der Waals surface area (Å²) >= 11 is 0. The van der Waals surface area contributed by atoms with Crippen molar-refractivity contribution in [1.29, 1.82) is 0 Å². The molecule has 0 bridgehead atoms. The zero-order chi connectivity index (χ0) is 21.0. The average molecular weight is 409 g/mol. The summed E-state index contributed by atoms with van der Waals surface area (Å²) in [5.41, 5.74) is 5.67. The quantitative estimate of drug-likeness (QED) is 0.492. The van der Waals surface area contributed by atoms with Gasteiger partial charge in [-0.05, 0) is 30.3 Å². The Morgan fingerprint density at radius 1 is 0.774 bits per heavy atom. The molecule has 1 saturated heterocycles. The third kappa shape index (κ3) is 4.00. The van der Waals surface area contributed by atoms with Gasteiger partial charge in [0.15, 0.2) is 0 Å². The molecule has 31 heavy (non-hydrogen) atoms. The number of ether oxygens (including phenoxy) is 1. The zero-order valence-electron chi connectivity index (χ0n) is 17.1. The van der Waals surface area contributed by atoms with Gasteiger partial charge in [-0.3, -0.25) is 4.79 Å². The molecule has 0 unspecified atom stereocenters. The maximum atomic E-state index is 12.8. The molecule has 0 N–H and O–H groups in total. The van der Waals surface area contributed by atoms with Crippen molar-refractivity contribution >= 4 is 5.91 Å². The van der Waals surface area contributed by atoms with Crippen molar-refractivity contribution in [2.45, 2.75) is 0 Å². The predicted octanol–water partition coefficient (Wildman–Crippen LogP) is 4.68. The topological polar surface area (TPSA) is 47.4 Å². The monoisotopic (exact) mass is 409 g/mol. The molecule has 154 valence electrons. The van der Waals surface area contributed by atoms with E-state index in [-0.39, 0.29) is 5.91 Å². The van der Waals surface area contributed by atoms with Crippen LogP contribution in [0.5, 0.6) is 0 Å². The summed E-state index contributed by atoms with van der Waals surface area (Å²) in [6, 6.07) is 30.2. The number of rotatable bonds is 4. The summed E-state index contributed by atoms with van der Waals surface area (Å²) in [7, 11) is 0. The Morgan fingerprint density at radius 2 is 1.39 bits per heavy atom. The lowest BCUT2D eigenvalue weighted by Crippen LogP contribution is -2.40. The maximum absolute atomic E-state index is 12.8. The second-order valence-corrected chi connectivity index (χ2v) is 7.51. The van der Waals surface area contributed by atoms with Crippen molar-refractivity contribution < 1.29 is 9.53 Å². The van der Waals surface area contributed by atoms with E-state index in [0.29, 0.717) is 31.9 Å². The highest BCUT2D eigenvalue weighted by atomic mass is 16.5. The Morgan fingerprint density at radius 3 is 2.03 bits per heavy atom. The van der Waals surface area contributed by atoms with E-state index in [4.69, 9.17) is 9.84 Å². The van der Waals surface area contributed by atoms with Gasteiger partial charge in [0.25, 0.3) is 5.91 Å². The molecule has 0 saturated carbocycles. The van der Waals surface area contributed by atoms with Crippen molar-refractivity contribution in [3.05, 3.63) is 96.6 Å². The number of benzene rings is 3. The predicted molar refractivity (Wildman–Crippen MR) is 121 cm³/mol. The van der Waals surface area contributed by atoms with Crippen LogP contribution < -0.4 is 0 Å². The van der Waals surface area contributed by atoms with Crippen LogP contribution in [0.4, 0.5) is 0 Å². The van der Waals surface area contributed by atoms with Crippen LogP contribution in [0.15, 0.2) is 91.0 Å². The largest absolute Gasteiger partial charge is 0.378 e. The van der Waals surface area contributed by atoms with E-state index < -0.39 is 0 Å². The van der Waals surface area contributed by atoms with Gasteiger partial charge in [-0.2, -0.15) is 5.10 Å². The number of nitrogens with zero attached hydrogens (tertiary/aromatic N) is 3. The van der Waals surface area contributed by atoms with E-state index in [1.54, 1.807) is 0 Å². The minimum Gasteiger partial charge on any atom is -0.378 e. The zero-order valence-corrected chi connectivity index (χ0v) is 17.1. The van der Waals surface area contributed by atoms with Gasteiger partial charge >= 0.3 is 0 Å². The van der Waals surface area contributed by atoms with Gasteiger partial charge in [-0.15, -0.1) is 0 Å². The number of morpholine rings is 1. The highest BCUT2D eigenvalue weighted by Crippen LogP contribution is 2.28. The number of carbonyl (C=O) groups excluding carboxylic acids is 1. The molecule has 0 aliphatic carbocycles. The molecule has 1 aliphatic rings. The van der Waals surface area contributed by atoms with Gasteiger partial charge in [0.1, 0.15) is 0 Å².